The monoisotopic (exact) mass is 374 g/mol. The number of rotatable bonds is 7. The van der Waals surface area contributed by atoms with Crippen LogP contribution in [0.5, 0.6) is 0 Å². The Morgan fingerprint density at radius 3 is 2.30 bits per heavy atom. The second-order valence-electron chi connectivity index (χ2n) is 7.44. The first-order valence-corrected chi connectivity index (χ1v) is 9.77. The molecule has 1 saturated heterocycles. The predicted octanol–water partition coefficient (Wildman–Crippen LogP) is 3.92. The Bertz CT molecular complexity index is 680. The second-order valence-corrected chi connectivity index (χ2v) is 7.44. The van der Waals surface area contributed by atoms with Gasteiger partial charge >= 0.3 is 5.97 Å². The first kappa shape index (κ1) is 20.9. The molecule has 1 atom stereocenters. The molecule has 1 aliphatic rings. The van der Waals surface area contributed by atoms with Crippen LogP contribution in [0.2, 0.25) is 0 Å². The number of likely N-dealkylation sites (tertiary alicyclic amines) is 1. The molecular weight excluding hydrogens is 344 g/mol. The van der Waals surface area contributed by atoms with Gasteiger partial charge in [-0.3, -0.25) is 14.4 Å². The summed E-state index contributed by atoms with van der Waals surface area (Å²) in [5.41, 5.74) is 0.128. The van der Waals surface area contributed by atoms with Gasteiger partial charge in [0.2, 0.25) is 5.91 Å². The molecule has 1 unspecified atom stereocenters. The highest BCUT2D eigenvalue weighted by Gasteiger charge is 2.37. The summed E-state index contributed by atoms with van der Waals surface area (Å²) in [5.74, 6) is -1.26. The molecule has 0 aliphatic carbocycles. The molecular formula is C21H30N2O4. The fourth-order valence-electron chi connectivity index (χ4n) is 3.65. The highest BCUT2D eigenvalue weighted by atomic mass is 16.4. The molecule has 148 valence electrons. The first-order chi connectivity index (χ1) is 12.8. The van der Waals surface area contributed by atoms with Crippen LogP contribution in [0.25, 0.3) is 0 Å². The van der Waals surface area contributed by atoms with Gasteiger partial charge in [-0.05, 0) is 63.3 Å². The van der Waals surface area contributed by atoms with E-state index in [2.05, 4.69) is 12.2 Å². The number of carboxylic acid groups (broad SMARTS) is 1. The minimum atomic E-state index is -1.04. The van der Waals surface area contributed by atoms with E-state index in [0.29, 0.717) is 24.1 Å². The van der Waals surface area contributed by atoms with Gasteiger partial charge in [0.1, 0.15) is 0 Å². The average Bonchev–Trinajstić information content (AvgIpc) is 2.66. The van der Waals surface area contributed by atoms with Crippen LogP contribution in [0.1, 0.15) is 69.7 Å². The van der Waals surface area contributed by atoms with Crippen LogP contribution in [-0.2, 0) is 9.59 Å². The summed E-state index contributed by atoms with van der Waals surface area (Å²) >= 11 is 0. The zero-order valence-electron chi connectivity index (χ0n) is 16.5. The number of carbonyl (C=O) groups is 3. The molecule has 27 heavy (non-hydrogen) atoms. The third-order valence-electron chi connectivity index (χ3n) is 5.79. The van der Waals surface area contributed by atoms with Gasteiger partial charge in [0.05, 0.1) is 5.41 Å². The van der Waals surface area contributed by atoms with Crippen LogP contribution in [0, 0.1) is 5.41 Å². The summed E-state index contributed by atoms with van der Waals surface area (Å²) in [6, 6.07) is 7.06. The van der Waals surface area contributed by atoms with Crippen molar-refractivity contribution in [2.75, 3.05) is 11.9 Å². The van der Waals surface area contributed by atoms with Crippen LogP contribution < -0.4 is 5.32 Å². The highest BCUT2D eigenvalue weighted by Crippen LogP contribution is 2.31. The van der Waals surface area contributed by atoms with E-state index in [-0.39, 0.29) is 24.3 Å². The van der Waals surface area contributed by atoms with Crippen molar-refractivity contribution < 1.29 is 19.5 Å². The van der Waals surface area contributed by atoms with Crippen LogP contribution >= 0.6 is 0 Å². The van der Waals surface area contributed by atoms with Gasteiger partial charge in [-0.2, -0.15) is 0 Å². The maximum Gasteiger partial charge on any atom is 0.310 e. The zero-order chi connectivity index (χ0) is 20.0. The Labute approximate surface area is 160 Å². The van der Waals surface area contributed by atoms with Crippen molar-refractivity contribution in [3.8, 4) is 0 Å². The van der Waals surface area contributed by atoms with Crippen LogP contribution in [0.15, 0.2) is 24.3 Å². The van der Waals surface area contributed by atoms with Crippen LogP contribution in [0.4, 0.5) is 5.69 Å². The number of hydrogen-bond acceptors (Lipinski definition) is 3. The Kier molecular flexibility index (Phi) is 6.99. The Hall–Kier alpha value is -2.37. The van der Waals surface area contributed by atoms with E-state index >= 15 is 0 Å². The van der Waals surface area contributed by atoms with Crippen molar-refractivity contribution in [3.63, 3.8) is 0 Å². The smallest absolute Gasteiger partial charge is 0.310 e. The Morgan fingerprint density at radius 2 is 1.78 bits per heavy atom. The second kappa shape index (κ2) is 9.02. The summed E-state index contributed by atoms with van der Waals surface area (Å²) < 4.78 is 0. The summed E-state index contributed by atoms with van der Waals surface area (Å²) in [6.07, 6.45) is 3.94. The lowest BCUT2D eigenvalue weighted by atomic mass is 9.79. The number of aliphatic carboxylic acids is 1. The molecule has 1 heterocycles. The van der Waals surface area contributed by atoms with E-state index < -0.39 is 11.4 Å². The van der Waals surface area contributed by atoms with E-state index in [0.717, 1.165) is 25.8 Å². The third kappa shape index (κ3) is 4.87. The number of piperidine rings is 1. The minimum Gasteiger partial charge on any atom is -0.481 e. The molecule has 1 aromatic rings. The topological polar surface area (TPSA) is 86.7 Å². The van der Waals surface area contributed by atoms with E-state index in [1.807, 2.05) is 4.90 Å². The number of hydrogen-bond donors (Lipinski definition) is 2. The van der Waals surface area contributed by atoms with Crippen LogP contribution in [0.3, 0.4) is 0 Å². The summed E-state index contributed by atoms with van der Waals surface area (Å²) in [5, 5.41) is 12.2. The molecule has 6 heteroatoms. The van der Waals surface area contributed by atoms with Crippen molar-refractivity contribution in [1.82, 2.24) is 4.90 Å². The van der Waals surface area contributed by atoms with Gasteiger partial charge < -0.3 is 15.3 Å². The molecule has 0 bridgehead atoms. The Balaban J connectivity index is 2.01. The number of nitrogens with zero attached hydrogens (tertiary/aromatic N) is 1. The molecule has 1 fully saturated rings. The minimum absolute atomic E-state index is 0.0157. The zero-order valence-corrected chi connectivity index (χ0v) is 16.5. The number of benzene rings is 1. The highest BCUT2D eigenvalue weighted by molar-refractivity contribution is 5.97. The van der Waals surface area contributed by atoms with Crippen molar-refractivity contribution in [2.24, 2.45) is 5.41 Å². The molecule has 1 aromatic carbocycles. The fraction of sp³-hybridized carbons (Fsp3) is 0.571. The largest absolute Gasteiger partial charge is 0.481 e. The van der Waals surface area contributed by atoms with E-state index in [4.69, 9.17) is 0 Å². The van der Waals surface area contributed by atoms with E-state index in [1.165, 1.54) is 0 Å². The van der Waals surface area contributed by atoms with Crippen molar-refractivity contribution >= 4 is 23.5 Å². The van der Waals surface area contributed by atoms with Gasteiger partial charge in [0, 0.05) is 30.3 Å². The molecule has 0 aromatic heterocycles. The predicted molar refractivity (Wildman–Crippen MR) is 105 cm³/mol. The molecule has 0 radical (unpaired) electrons. The van der Waals surface area contributed by atoms with Crippen molar-refractivity contribution in [2.45, 2.75) is 65.3 Å². The molecule has 2 rings (SSSR count). The molecule has 6 nitrogen and oxygen atoms in total. The van der Waals surface area contributed by atoms with Crippen molar-refractivity contribution in [1.29, 1.82) is 0 Å². The average molecular weight is 374 g/mol. The number of nitrogens with one attached hydrogen (secondary N) is 1. The number of carboxylic acids is 1. The lowest BCUT2D eigenvalue weighted by Gasteiger charge is -2.33. The van der Waals surface area contributed by atoms with E-state index in [9.17, 15) is 19.5 Å². The maximum absolute atomic E-state index is 12.7. The molecule has 2 N–H and O–H groups in total. The molecule has 1 aliphatic heterocycles. The molecule has 0 saturated carbocycles. The van der Waals surface area contributed by atoms with Gasteiger partial charge in [0.25, 0.3) is 5.91 Å². The lowest BCUT2D eigenvalue weighted by Crippen LogP contribution is -2.42. The van der Waals surface area contributed by atoms with Gasteiger partial charge in [-0.1, -0.05) is 13.8 Å². The summed E-state index contributed by atoms with van der Waals surface area (Å²) in [6.45, 7) is 6.42. The number of carbonyl (C=O) groups excluding carboxylic acids is 2. The molecule has 2 amide bonds. The van der Waals surface area contributed by atoms with Gasteiger partial charge in [0.15, 0.2) is 0 Å². The van der Waals surface area contributed by atoms with Gasteiger partial charge in [-0.25, -0.2) is 0 Å². The lowest BCUT2D eigenvalue weighted by molar-refractivity contribution is -0.151. The first-order valence-electron chi connectivity index (χ1n) is 9.77. The maximum atomic E-state index is 12.7. The quantitative estimate of drug-likeness (QED) is 0.757. The van der Waals surface area contributed by atoms with E-state index in [1.54, 1.807) is 38.1 Å². The van der Waals surface area contributed by atoms with Crippen LogP contribution in [-0.4, -0.2) is 40.4 Å². The standard InChI is InChI=1S/C21H30N2O4/c1-4-21(5-2,20(26)27)14-18(24)22-17-11-9-16(10-12-17)19(25)23-13-7-6-8-15(23)3/h9-12,15H,4-8,13-14H2,1-3H3,(H,22,24)(H,26,27). The number of amides is 2. The summed E-state index contributed by atoms with van der Waals surface area (Å²) in [7, 11) is 0. The third-order valence-corrected chi connectivity index (χ3v) is 5.79. The SMILES string of the molecule is CCC(CC)(CC(=O)Nc1ccc(C(=O)N2CCCCC2C)cc1)C(=O)O. The normalized spacial score (nSPS) is 17.4. The fourth-order valence-corrected chi connectivity index (χ4v) is 3.65. The van der Waals surface area contributed by atoms with Gasteiger partial charge in [-0.15, -0.1) is 0 Å². The Morgan fingerprint density at radius 1 is 1.15 bits per heavy atom. The van der Waals surface area contributed by atoms with Crippen molar-refractivity contribution in [3.05, 3.63) is 29.8 Å². The number of anilines is 1. The molecule has 0 spiro atoms. The summed E-state index contributed by atoms with van der Waals surface area (Å²) in [4.78, 5) is 38.4.